The molecule has 0 saturated heterocycles. The Morgan fingerprint density at radius 2 is 1.67 bits per heavy atom. The van der Waals surface area contributed by atoms with Crippen molar-refractivity contribution < 1.29 is 29.3 Å². The fourth-order valence-electron chi connectivity index (χ4n) is 13.6. The molecule has 6 rings (SSSR count). The van der Waals surface area contributed by atoms with Crippen LogP contribution in [-0.2, 0) is 16.0 Å². The minimum absolute atomic E-state index is 0.0267. The first-order valence-electron chi connectivity index (χ1n) is 20.5. The number of nitrogens with one attached hydrogen (secondary N) is 1. The SMILES string of the molecule is COc1cccc(C[C@@H](NC(=O)CCCC[C@@H]2CC(C)(C)C[C@@H]3C4=CC[C@H]5[C@@]6(C)CC[C@H](O)C(C)(C)[C@@H]6CC[C@@]5(C)[C@]4(C)CC[C@@H]23)C(=O)O)c1OC. The highest BCUT2D eigenvalue weighted by atomic mass is 16.5. The van der Waals surface area contributed by atoms with Gasteiger partial charge in [0.15, 0.2) is 11.5 Å². The molecule has 5 aliphatic carbocycles. The number of unbranched alkanes of at least 4 members (excludes halogenated alkanes) is 1. The molecule has 0 heterocycles. The number of fused-ring (bicyclic) bond motifs is 7. The van der Waals surface area contributed by atoms with Gasteiger partial charge in [0.1, 0.15) is 6.04 Å². The van der Waals surface area contributed by atoms with Crippen LogP contribution in [0.2, 0.25) is 0 Å². The average molecular weight is 720 g/mol. The Hall–Kier alpha value is -2.54. The van der Waals surface area contributed by atoms with Gasteiger partial charge in [-0.2, -0.15) is 0 Å². The number of carboxylic acid groups (broad SMARTS) is 1. The van der Waals surface area contributed by atoms with Crippen molar-refractivity contribution in [1.29, 1.82) is 0 Å². The highest BCUT2D eigenvalue weighted by Crippen LogP contribution is 2.74. The molecule has 10 atom stereocenters. The molecule has 1 aromatic rings. The summed E-state index contributed by atoms with van der Waals surface area (Å²) in [6, 6.07) is 4.35. The molecule has 0 aromatic heterocycles. The smallest absolute Gasteiger partial charge is 0.326 e. The highest BCUT2D eigenvalue weighted by Gasteiger charge is 2.67. The predicted molar refractivity (Wildman–Crippen MR) is 206 cm³/mol. The Kier molecular flexibility index (Phi) is 10.7. The zero-order valence-corrected chi connectivity index (χ0v) is 33.8. The predicted octanol–water partition coefficient (Wildman–Crippen LogP) is 9.39. The van der Waals surface area contributed by atoms with Crippen molar-refractivity contribution in [2.75, 3.05) is 14.2 Å². The topological polar surface area (TPSA) is 105 Å². The normalized spacial score (nSPS) is 37.9. The van der Waals surface area contributed by atoms with Gasteiger partial charge in [-0.3, -0.25) is 4.79 Å². The molecule has 1 aromatic carbocycles. The summed E-state index contributed by atoms with van der Waals surface area (Å²) in [4.78, 5) is 25.2. The summed E-state index contributed by atoms with van der Waals surface area (Å²) in [6.07, 6.45) is 16.7. The van der Waals surface area contributed by atoms with Crippen molar-refractivity contribution >= 4 is 11.9 Å². The number of aliphatic hydroxyl groups excluding tert-OH is 1. The molecule has 0 unspecified atom stereocenters. The lowest BCUT2D eigenvalue weighted by Crippen LogP contribution is -2.64. The van der Waals surface area contributed by atoms with Gasteiger partial charge in [-0.1, -0.05) is 85.1 Å². The molecule has 52 heavy (non-hydrogen) atoms. The van der Waals surface area contributed by atoms with E-state index in [1.54, 1.807) is 24.8 Å². The number of amides is 1. The second-order valence-corrected chi connectivity index (χ2v) is 19.9. The minimum atomic E-state index is -1.06. The van der Waals surface area contributed by atoms with Crippen LogP contribution in [0.4, 0.5) is 0 Å². The van der Waals surface area contributed by atoms with Crippen LogP contribution >= 0.6 is 0 Å². The number of aliphatic hydroxyl groups is 1. The molecule has 7 nitrogen and oxygen atoms in total. The third-order valence-corrected chi connectivity index (χ3v) is 16.4. The number of ether oxygens (including phenoxy) is 2. The standard InChI is InChI=1S/C45H69NO6/c1-41(2)26-29(13-10-11-16-38(48)46-33(40(49)50)25-28-14-12-15-34(51-8)39(28)52-9)30-19-23-44(6)32(31(30)27-41)17-18-36-43(5)22-21-37(47)42(3,4)35(43)20-24-45(36,44)7/h12,14-15,17,29-31,33,35-37,47H,10-11,13,16,18-27H2,1-9H3,(H,46,48)(H,49,50)/t29-,30+,31+,33-,35+,36+,37+,43+,44-,45-/m1/s1. The molecular formula is C45H69NO6. The Labute approximate surface area is 314 Å². The number of hydrogen-bond donors (Lipinski definition) is 3. The first kappa shape index (κ1) is 39.2. The lowest BCUT2D eigenvalue weighted by molar-refractivity contribution is -0.201. The maximum absolute atomic E-state index is 13.1. The molecule has 0 aliphatic heterocycles. The largest absolute Gasteiger partial charge is 0.493 e. The van der Waals surface area contributed by atoms with E-state index in [0.717, 1.165) is 32.1 Å². The number of methoxy groups -OCH3 is 2. The van der Waals surface area contributed by atoms with Crippen LogP contribution in [0.3, 0.4) is 0 Å². The molecule has 0 bridgehead atoms. The summed E-state index contributed by atoms with van der Waals surface area (Å²) < 4.78 is 10.9. The van der Waals surface area contributed by atoms with Crippen molar-refractivity contribution in [3.05, 3.63) is 35.4 Å². The number of carbonyl (C=O) groups is 2. The fraction of sp³-hybridized carbons (Fsp3) is 0.778. The Bertz CT molecular complexity index is 1530. The van der Waals surface area contributed by atoms with E-state index in [4.69, 9.17) is 9.47 Å². The van der Waals surface area contributed by atoms with Crippen molar-refractivity contribution in [2.45, 2.75) is 151 Å². The van der Waals surface area contributed by atoms with Crippen LogP contribution < -0.4 is 14.8 Å². The van der Waals surface area contributed by atoms with Gasteiger partial charge in [0.05, 0.1) is 20.3 Å². The van der Waals surface area contributed by atoms with E-state index in [-0.39, 0.29) is 45.5 Å². The van der Waals surface area contributed by atoms with Crippen LogP contribution in [0.15, 0.2) is 29.8 Å². The Morgan fingerprint density at radius 3 is 2.37 bits per heavy atom. The monoisotopic (exact) mass is 720 g/mol. The molecule has 5 aliphatic rings. The molecule has 4 fully saturated rings. The summed E-state index contributed by atoms with van der Waals surface area (Å²) in [5.74, 6) is 2.98. The van der Waals surface area contributed by atoms with E-state index in [1.165, 1.54) is 52.1 Å². The number of carboxylic acids is 1. The zero-order chi connectivity index (χ0) is 37.9. The highest BCUT2D eigenvalue weighted by molar-refractivity contribution is 5.83. The maximum Gasteiger partial charge on any atom is 0.326 e. The number of benzene rings is 1. The number of allylic oxidation sites excluding steroid dienone is 2. The van der Waals surface area contributed by atoms with Crippen LogP contribution in [0.25, 0.3) is 0 Å². The number of aliphatic carboxylic acids is 1. The fourth-order valence-corrected chi connectivity index (χ4v) is 13.6. The number of hydrogen-bond acceptors (Lipinski definition) is 5. The van der Waals surface area contributed by atoms with E-state index in [1.807, 2.05) is 6.07 Å². The number of rotatable bonds is 11. The molecule has 290 valence electrons. The van der Waals surface area contributed by atoms with Crippen LogP contribution in [0, 0.1) is 56.7 Å². The third-order valence-electron chi connectivity index (χ3n) is 16.4. The van der Waals surface area contributed by atoms with Gasteiger partial charge in [-0.25, -0.2) is 4.79 Å². The Balaban J connectivity index is 1.10. The molecule has 1 amide bonds. The molecule has 3 N–H and O–H groups in total. The van der Waals surface area contributed by atoms with E-state index < -0.39 is 12.0 Å². The van der Waals surface area contributed by atoms with Gasteiger partial charge in [-0.15, -0.1) is 0 Å². The van der Waals surface area contributed by atoms with Crippen LogP contribution in [0.1, 0.15) is 138 Å². The van der Waals surface area contributed by atoms with Gasteiger partial charge >= 0.3 is 5.97 Å². The summed E-state index contributed by atoms with van der Waals surface area (Å²) in [7, 11) is 3.09. The first-order valence-corrected chi connectivity index (χ1v) is 20.5. The van der Waals surface area contributed by atoms with Crippen LogP contribution in [0.5, 0.6) is 11.5 Å². The van der Waals surface area contributed by atoms with Gasteiger partial charge in [0, 0.05) is 18.4 Å². The van der Waals surface area contributed by atoms with Gasteiger partial charge in [-0.05, 0) is 127 Å². The zero-order valence-electron chi connectivity index (χ0n) is 33.8. The second kappa shape index (κ2) is 14.3. The summed E-state index contributed by atoms with van der Waals surface area (Å²) in [5.41, 5.74) is 3.49. The summed E-state index contributed by atoms with van der Waals surface area (Å²) >= 11 is 0. The van der Waals surface area contributed by atoms with Gasteiger partial charge < -0.3 is 25.0 Å². The van der Waals surface area contributed by atoms with Crippen molar-refractivity contribution in [3.63, 3.8) is 0 Å². The molecule has 0 spiro atoms. The first-order chi connectivity index (χ1) is 24.4. The van der Waals surface area contributed by atoms with E-state index in [2.05, 4.69) is 59.9 Å². The lowest BCUT2D eigenvalue weighted by atomic mass is 9.34. The van der Waals surface area contributed by atoms with Gasteiger partial charge in [0.25, 0.3) is 0 Å². The summed E-state index contributed by atoms with van der Waals surface area (Å²) in [6.45, 7) is 17.6. The van der Waals surface area contributed by atoms with Gasteiger partial charge in [0.2, 0.25) is 5.91 Å². The molecule has 0 radical (unpaired) electrons. The second-order valence-electron chi connectivity index (χ2n) is 19.9. The van der Waals surface area contributed by atoms with Crippen molar-refractivity contribution in [1.82, 2.24) is 5.32 Å². The minimum Gasteiger partial charge on any atom is -0.493 e. The van der Waals surface area contributed by atoms with E-state index >= 15 is 0 Å². The van der Waals surface area contributed by atoms with E-state index in [0.29, 0.717) is 53.1 Å². The average Bonchev–Trinajstić information content (AvgIpc) is 3.07. The number of carbonyl (C=O) groups excluding carboxylic acids is 1. The molecular weight excluding hydrogens is 650 g/mol. The lowest BCUT2D eigenvalue weighted by Gasteiger charge is -2.70. The molecule has 4 saturated carbocycles. The Morgan fingerprint density at radius 1 is 0.923 bits per heavy atom. The van der Waals surface area contributed by atoms with Crippen LogP contribution in [-0.4, -0.2) is 48.5 Å². The number of para-hydroxylation sites is 1. The van der Waals surface area contributed by atoms with E-state index in [9.17, 15) is 19.8 Å². The maximum atomic E-state index is 13.1. The van der Waals surface area contributed by atoms with Crippen molar-refractivity contribution in [2.24, 2.45) is 56.7 Å². The molecule has 7 heteroatoms. The third kappa shape index (κ3) is 6.61. The quantitative estimate of drug-likeness (QED) is 0.156. The van der Waals surface area contributed by atoms with Crippen molar-refractivity contribution in [3.8, 4) is 11.5 Å². The summed E-state index contributed by atoms with van der Waals surface area (Å²) in [5, 5.41) is 23.8.